The maximum Gasteiger partial charge on any atom is 0.216 e. The quantitative estimate of drug-likeness (QED) is 0.423. The fourth-order valence-corrected chi connectivity index (χ4v) is 1.86. The van der Waals surface area contributed by atoms with Crippen molar-refractivity contribution >= 4 is 5.91 Å². The zero-order valence-electron chi connectivity index (χ0n) is 13.1. The molecule has 0 aromatic rings. The minimum atomic E-state index is -0.479. The highest BCUT2D eigenvalue weighted by atomic mass is 16.5. The van der Waals surface area contributed by atoms with Crippen LogP contribution >= 0.6 is 0 Å². The summed E-state index contributed by atoms with van der Waals surface area (Å²) in [4.78, 5) is 10.6. The molecule has 0 rings (SSSR count). The fourth-order valence-electron chi connectivity index (χ4n) is 1.86. The van der Waals surface area contributed by atoms with Gasteiger partial charge in [-0.15, -0.1) is 0 Å². The lowest BCUT2D eigenvalue weighted by molar-refractivity contribution is -0.118. The van der Waals surface area contributed by atoms with Crippen molar-refractivity contribution in [1.29, 1.82) is 0 Å². The van der Waals surface area contributed by atoms with Crippen LogP contribution in [0, 0.1) is 0 Å². The molecular formula is C15H32N2O3. The largest absolute Gasteiger partial charge is 0.389 e. The Morgan fingerprint density at radius 1 is 1.15 bits per heavy atom. The predicted molar refractivity (Wildman–Crippen MR) is 81.8 cm³/mol. The fraction of sp³-hybridized carbons (Fsp3) is 0.933. The normalized spacial score (nSPS) is 12.3. The van der Waals surface area contributed by atoms with E-state index in [0.29, 0.717) is 26.2 Å². The topological polar surface area (TPSA) is 70.6 Å². The molecule has 0 aliphatic rings. The molecule has 5 heteroatoms. The van der Waals surface area contributed by atoms with Gasteiger partial charge in [-0.25, -0.2) is 0 Å². The molecule has 0 heterocycles. The molecule has 0 aliphatic carbocycles. The Bertz CT molecular complexity index is 225. The van der Waals surface area contributed by atoms with Gasteiger partial charge in [0.2, 0.25) is 5.91 Å². The minimum absolute atomic E-state index is 0.0328. The summed E-state index contributed by atoms with van der Waals surface area (Å²) in [7, 11) is 0. The third-order valence-corrected chi connectivity index (χ3v) is 3.01. The summed E-state index contributed by atoms with van der Waals surface area (Å²) in [5, 5.41) is 15.4. The van der Waals surface area contributed by atoms with Gasteiger partial charge in [0.05, 0.1) is 12.7 Å². The molecule has 0 saturated carbocycles. The van der Waals surface area contributed by atoms with Crippen LogP contribution in [-0.4, -0.2) is 50.0 Å². The number of carbonyl (C=O) groups is 1. The van der Waals surface area contributed by atoms with E-state index in [1.54, 1.807) is 0 Å². The highest BCUT2D eigenvalue weighted by Crippen LogP contribution is 2.04. The summed E-state index contributed by atoms with van der Waals surface area (Å²) in [5.74, 6) is -0.0328. The van der Waals surface area contributed by atoms with Crippen LogP contribution in [0.15, 0.2) is 0 Å². The van der Waals surface area contributed by atoms with E-state index in [4.69, 9.17) is 4.74 Å². The van der Waals surface area contributed by atoms with Crippen LogP contribution in [0.5, 0.6) is 0 Å². The number of aliphatic hydroxyl groups excluding tert-OH is 1. The Morgan fingerprint density at radius 2 is 1.85 bits per heavy atom. The maximum absolute atomic E-state index is 10.6. The summed E-state index contributed by atoms with van der Waals surface area (Å²) in [5.41, 5.74) is 0. The van der Waals surface area contributed by atoms with Gasteiger partial charge in [0, 0.05) is 33.2 Å². The van der Waals surface area contributed by atoms with Gasteiger partial charge in [0.15, 0.2) is 0 Å². The molecule has 0 fully saturated rings. The molecule has 0 aromatic carbocycles. The minimum Gasteiger partial charge on any atom is -0.389 e. The van der Waals surface area contributed by atoms with Gasteiger partial charge in [-0.3, -0.25) is 4.79 Å². The molecule has 0 aliphatic heterocycles. The summed E-state index contributed by atoms with van der Waals surface area (Å²) < 4.78 is 5.44. The highest BCUT2D eigenvalue weighted by Gasteiger charge is 2.03. The molecule has 0 spiro atoms. The summed E-state index contributed by atoms with van der Waals surface area (Å²) in [6.45, 7) is 6.56. The van der Waals surface area contributed by atoms with Gasteiger partial charge < -0.3 is 20.5 Å². The number of hydrogen-bond acceptors (Lipinski definition) is 4. The third kappa shape index (κ3) is 15.4. The first-order chi connectivity index (χ1) is 9.66. The Balaban J connectivity index is 3.16. The van der Waals surface area contributed by atoms with E-state index < -0.39 is 6.10 Å². The van der Waals surface area contributed by atoms with E-state index in [9.17, 15) is 9.90 Å². The van der Waals surface area contributed by atoms with Crippen molar-refractivity contribution in [2.75, 3.05) is 32.8 Å². The number of hydrogen-bond donors (Lipinski definition) is 3. The maximum atomic E-state index is 10.6. The number of carbonyl (C=O) groups excluding carboxylic acids is 1. The van der Waals surface area contributed by atoms with Crippen LogP contribution < -0.4 is 10.6 Å². The second-order valence-corrected chi connectivity index (χ2v) is 5.18. The zero-order valence-corrected chi connectivity index (χ0v) is 13.1. The van der Waals surface area contributed by atoms with Crippen LogP contribution in [0.2, 0.25) is 0 Å². The third-order valence-electron chi connectivity index (χ3n) is 3.01. The predicted octanol–water partition coefficient (Wildman–Crippen LogP) is 1.45. The Morgan fingerprint density at radius 3 is 2.55 bits per heavy atom. The average molecular weight is 288 g/mol. The highest BCUT2D eigenvalue weighted by molar-refractivity contribution is 5.72. The number of rotatable bonds is 14. The van der Waals surface area contributed by atoms with E-state index >= 15 is 0 Å². The Labute approximate surface area is 123 Å². The number of ether oxygens (including phenoxy) is 1. The van der Waals surface area contributed by atoms with Gasteiger partial charge in [0.25, 0.3) is 0 Å². The number of amides is 1. The van der Waals surface area contributed by atoms with Crippen LogP contribution in [0.1, 0.15) is 52.4 Å². The van der Waals surface area contributed by atoms with Crippen LogP contribution in [-0.2, 0) is 9.53 Å². The number of nitrogens with one attached hydrogen (secondary N) is 2. The van der Waals surface area contributed by atoms with E-state index in [2.05, 4.69) is 17.6 Å². The van der Waals surface area contributed by atoms with E-state index in [1.165, 1.54) is 39.0 Å². The average Bonchev–Trinajstić information content (AvgIpc) is 2.41. The van der Waals surface area contributed by atoms with Gasteiger partial charge >= 0.3 is 0 Å². The first kappa shape index (κ1) is 19.4. The summed E-state index contributed by atoms with van der Waals surface area (Å²) in [6.07, 6.45) is 7.01. The Hall–Kier alpha value is -0.650. The van der Waals surface area contributed by atoms with Crippen LogP contribution in [0.4, 0.5) is 0 Å². The molecular weight excluding hydrogens is 256 g/mol. The van der Waals surface area contributed by atoms with Crippen molar-refractivity contribution in [2.45, 2.75) is 58.5 Å². The van der Waals surface area contributed by atoms with Gasteiger partial charge in [-0.2, -0.15) is 0 Å². The summed E-state index contributed by atoms with van der Waals surface area (Å²) in [6, 6.07) is 0. The molecule has 0 bridgehead atoms. The molecule has 20 heavy (non-hydrogen) atoms. The summed E-state index contributed by atoms with van der Waals surface area (Å²) >= 11 is 0. The lowest BCUT2D eigenvalue weighted by Crippen LogP contribution is -2.36. The van der Waals surface area contributed by atoms with Crippen LogP contribution in [0.3, 0.4) is 0 Å². The monoisotopic (exact) mass is 288 g/mol. The first-order valence-corrected chi connectivity index (χ1v) is 7.87. The van der Waals surface area contributed by atoms with Gasteiger partial charge in [-0.1, -0.05) is 39.0 Å². The van der Waals surface area contributed by atoms with Crippen molar-refractivity contribution in [1.82, 2.24) is 10.6 Å². The molecule has 5 nitrogen and oxygen atoms in total. The molecule has 1 amide bonds. The first-order valence-electron chi connectivity index (χ1n) is 7.87. The van der Waals surface area contributed by atoms with Gasteiger partial charge in [0.1, 0.15) is 0 Å². The number of aliphatic hydroxyl groups is 1. The molecule has 3 N–H and O–H groups in total. The Kier molecular flexibility index (Phi) is 14.3. The lowest BCUT2D eigenvalue weighted by atomic mass is 10.1. The second-order valence-electron chi connectivity index (χ2n) is 5.18. The molecule has 120 valence electrons. The number of unbranched alkanes of at least 4 members (excludes halogenated alkanes) is 5. The smallest absolute Gasteiger partial charge is 0.216 e. The second kappa shape index (κ2) is 14.8. The molecule has 0 saturated heterocycles. The van der Waals surface area contributed by atoms with Crippen molar-refractivity contribution in [3.8, 4) is 0 Å². The van der Waals surface area contributed by atoms with Crippen molar-refractivity contribution in [3.63, 3.8) is 0 Å². The van der Waals surface area contributed by atoms with Crippen molar-refractivity contribution in [3.05, 3.63) is 0 Å². The zero-order chi connectivity index (χ0) is 15.1. The molecule has 1 unspecified atom stereocenters. The lowest BCUT2D eigenvalue weighted by Gasteiger charge is -2.12. The van der Waals surface area contributed by atoms with Crippen molar-refractivity contribution in [2.24, 2.45) is 0 Å². The molecule has 0 radical (unpaired) electrons. The van der Waals surface area contributed by atoms with Crippen LogP contribution in [0.25, 0.3) is 0 Å². The molecule has 1 atom stereocenters. The van der Waals surface area contributed by atoms with E-state index in [-0.39, 0.29) is 5.91 Å². The molecule has 0 aromatic heterocycles. The standard InChI is InChI=1S/C15H32N2O3/c1-3-4-5-6-7-8-11-20-13-15(19)12-16-9-10-17-14(2)18/h15-16,19H,3-13H2,1-2H3,(H,17,18). The van der Waals surface area contributed by atoms with Crippen molar-refractivity contribution < 1.29 is 14.6 Å². The SMILES string of the molecule is CCCCCCCCOCC(O)CNCCNC(C)=O. The van der Waals surface area contributed by atoms with E-state index in [0.717, 1.165) is 13.0 Å². The van der Waals surface area contributed by atoms with Gasteiger partial charge in [-0.05, 0) is 6.42 Å². The van der Waals surface area contributed by atoms with E-state index in [1.807, 2.05) is 0 Å².